The van der Waals surface area contributed by atoms with Gasteiger partial charge in [-0.25, -0.2) is 14.4 Å². The molecule has 0 aromatic rings. The summed E-state index contributed by atoms with van der Waals surface area (Å²) in [5.41, 5.74) is 0. The number of carboxylic acid groups (broad SMARTS) is 1. The first-order valence-electron chi connectivity index (χ1n) is 6.46. The minimum absolute atomic E-state index is 0.0372. The van der Waals surface area contributed by atoms with E-state index in [2.05, 4.69) is 10.6 Å². The van der Waals surface area contributed by atoms with Crippen LogP contribution in [0.3, 0.4) is 0 Å². The molecule has 0 radical (unpaired) electrons. The summed E-state index contributed by atoms with van der Waals surface area (Å²) < 4.78 is 0. The Morgan fingerprint density at radius 2 is 2.20 bits per heavy atom. The molecule has 2 saturated heterocycles. The monoisotopic (exact) mass is 286 g/mol. The summed E-state index contributed by atoms with van der Waals surface area (Å²) in [6.45, 7) is 1.34. The average Bonchev–Trinajstić information content (AvgIpc) is 2.79. The van der Waals surface area contributed by atoms with Crippen LogP contribution in [-0.2, 0) is 4.79 Å². The largest absolute Gasteiger partial charge is 0.480 e. The molecule has 0 saturated carbocycles. The lowest BCUT2D eigenvalue weighted by Gasteiger charge is -2.36. The molecule has 0 bridgehead atoms. The SMILES string of the molecule is O=C(O)[C@@H](CCO)NC(=O)N1CCN2C(=O)NCC2C1. The van der Waals surface area contributed by atoms with Crippen molar-refractivity contribution in [3.05, 3.63) is 0 Å². The summed E-state index contributed by atoms with van der Waals surface area (Å²) >= 11 is 0. The number of fused-ring (bicyclic) bond motifs is 1. The summed E-state index contributed by atoms with van der Waals surface area (Å²) in [7, 11) is 0. The van der Waals surface area contributed by atoms with Gasteiger partial charge in [0.1, 0.15) is 6.04 Å². The van der Waals surface area contributed by atoms with E-state index >= 15 is 0 Å². The molecule has 112 valence electrons. The maximum Gasteiger partial charge on any atom is 0.326 e. The number of piperazine rings is 1. The molecule has 2 rings (SSSR count). The van der Waals surface area contributed by atoms with Gasteiger partial charge in [-0.05, 0) is 0 Å². The van der Waals surface area contributed by atoms with E-state index in [0.717, 1.165) is 0 Å². The molecule has 9 heteroatoms. The Balaban J connectivity index is 1.90. The Kier molecular flexibility index (Phi) is 4.28. The predicted molar refractivity (Wildman–Crippen MR) is 67.1 cm³/mol. The van der Waals surface area contributed by atoms with Crippen molar-refractivity contribution in [2.75, 3.05) is 32.8 Å². The highest BCUT2D eigenvalue weighted by atomic mass is 16.4. The van der Waals surface area contributed by atoms with Crippen LogP contribution in [0.2, 0.25) is 0 Å². The van der Waals surface area contributed by atoms with Crippen LogP contribution >= 0.6 is 0 Å². The normalized spacial score (nSPS) is 23.1. The van der Waals surface area contributed by atoms with Gasteiger partial charge in [0.05, 0.1) is 6.04 Å². The summed E-state index contributed by atoms with van der Waals surface area (Å²) in [6.07, 6.45) is -0.0372. The molecule has 2 aliphatic rings. The van der Waals surface area contributed by atoms with Crippen molar-refractivity contribution in [1.82, 2.24) is 20.4 Å². The van der Waals surface area contributed by atoms with Crippen LogP contribution in [0.5, 0.6) is 0 Å². The topological polar surface area (TPSA) is 122 Å². The number of amides is 4. The lowest BCUT2D eigenvalue weighted by Crippen LogP contribution is -2.57. The van der Waals surface area contributed by atoms with Crippen molar-refractivity contribution in [3.8, 4) is 0 Å². The van der Waals surface area contributed by atoms with E-state index < -0.39 is 18.0 Å². The third-order valence-corrected chi connectivity index (χ3v) is 3.53. The summed E-state index contributed by atoms with van der Waals surface area (Å²) in [5, 5.41) is 22.8. The van der Waals surface area contributed by atoms with Crippen molar-refractivity contribution < 1.29 is 24.6 Å². The Bertz CT molecular complexity index is 416. The van der Waals surface area contributed by atoms with Crippen molar-refractivity contribution in [3.63, 3.8) is 0 Å². The summed E-state index contributed by atoms with van der Waals surface area (Å²) in [4.78, 5) is 37.5. The second-order valence-electron chi connectivity index (χ2n) is 4.83. The van der Waals surface area contributed by atoms with Gasteiger partial charge in [-0.2, -0.15) is 0 Å². The number of hydrogen-bond acceptors (Lipinski definition) is 4. The van der Waals surface area contributed by atoms with E-state index in [1.165, 1.54) is 4.90 Å². The van der Waals surface area contributed by atoms with Crippen molar-refractivity contribution in [2.24, 2.45) is 0 Å². The minimum Gasteiger partial charge on any atom is -0.480 e. The van der Waals surface area contributed by atoms with Crippen LogP contribution in [0.1, 0.15) is 6.42 Å². The van der Waals surface area contributed by atoms with Gasteiger partial charge in [-0.3, -0.25) is 0 Å². The van der Waals surface area contributed by atoms with E-state index in [1.807, 2.05) is 0 Å². The molecule has 2 fully saturated rings. The van der Waals surface area contributed by atoms with Crippen LogP contribution in [0, 0.1) is 0 Å². The molecule has 0 aliphatic carbocycles. The van der Waals surface area contributed by atoms with E-state index in [-0.39, 0.29) is 25.1 Å². The van der Waals surface area contributed by atoms with Crippen LogP contribution in [0.4, 0.5) is 9.59 Å². The Morgan fingerprint density at radius 1 is 1.45 bits per heavy atom. The van der Waals surface area contributed by atoms with E-state index in [4.69, 9.17) is 10.2 Å². The van der Waals surface area contributed by atoms with Crippen molar-refractivity contribution >= 4 is 18.0 Å². The van der Waals surface area contributed by atoms with Crippen LogP contribution < -0.4 is 10.6 Å². The minimum atomic E-state index is -1.18. The van der Waals surface area contributed by atoms with Gasteiger partial charge < -0.3 is 30.6 Å². The third kappa shape index (κ3) is 2.93. The number of nitrogens with zero attached hydrogens (tertiary/aromatic N) is 2. The summed E-state index contributed by atoms with van der Waals surface area (Å²) in [6, 6.07) is -1.78. The molecular formula is C11H18N4O5. The first kappa shape index (κ1) is 14.4. The fraction of sp³-hybridized carbons (Fsp3) is 0.727. The molecule has 4 N–H and O–H groups in total. The van der Waals surface area contributed by atoms with E-state index in [9.17, 15) is 14.4 Å². The number of aliphatic hydroxyl groups is 1. The second-order valence-corrected chi connectivity index (χ2v) is 4.83. The smallest absolute Gasteiger partial charge is 0.326 e. The maximum atomic E-state index is 12.0. The van der Waals surface area contributed by atoms with Crippen molar-refractivity contribution in [2.45, 2.75) is 18.5 Å². The average molecular weight is 286 g/mol. The Labute approximate surface area is 115 Å². The first-order valence-corrected chi connectivity index (χ1v) is 6.46. The molecule has 20 heavy (non-hydrogen) atoms. The molecule has 2 aliphatic heterocycles. The standard InChI is InChI=1S/C11H18N4O5/c16-4-1-8(9(17)18)13-11(20)14-2-3-15-7(6-14)5-12-10(15)19/h7-8,16H,1-6H2,(H,12,19)(H,13,20)(H,17,18)/t7?,8-/m1/s1. The number of aliphatic hydroxyl groups excluding tert-OH is 1. The highest BCUT2D eigenvalue weighted by molar-refractivity contribution is 5.83. The van der Waals surface area contributed by atoms with Crippen molar-refractivity contribution in [1.29, 1.82) is 0 Å². The molecule has 0 aromatic carbocycles. The van der Waals surface area contributed by atoms with Gasteiger partial charge in [0.25, 0.3) is 0 Å². The molecule has 9 nitrogen and oxygen atoms in total. The molecule has 0 aromatic heterocycles. The number of carboxylic acids is 1. The number of carbonyl (C=O) groups excluding carboxylic acids is 2. The van der Waals surface area contributed by atoms with E-state index in [1.54, 1.807) is 4.90 Å². The van der Waals surface area contributed by atoms with Gasteiger partial charge in [0.2, 0.25) is 0 Å². The Hall–Kier alpha value is -2.03. The quantitative estimate of drug-likeness (QED) is 0.488. The third-order valence-electron chi connectivity index (χ3n) is 3.53. The fourth-order valence-electron chi connectivity index (χ4n) is 2.42. The highest BCUT2D eigenvalue weighted by Crippen LogP contribution is 2.14. The van der Waals surface area contributed by atoms with Crippen LogP contribution in [0.25, 0.3) is 0 Å². The molecule has 4 amide bonds. The predicted octanol–water partition coefficient (Wildman–Crippen LogP) is -1.76. The van der Waals surface area contributed by atoms with Gasteiger partial charge in [-0.1, -0.05) is 0 Å². The second kappa shape index (κ2) is 5.95. The summed E-state index contributed by atoms with van der Waals surface area (Å²) in [5.74, 6) is -1.18. The molecular weight excluding hydrogens is 268 g/mol. The lowest BCUT2D eigenvalue weighted by atomic mass is 10.2. The number of hydrogen-bond donors (Lipinski definition) is 4. The van der Waals surface area contributed by atoms with Gasteiger partial charge in [0, 0.05) is 39.2 Å². The van der Waals surface area contributed by atoms with E-state index in [0.29, 0.717) is 26.2 Å². The number of nitrogens with one attached hydrogen (secondary N) is 2. The molecule has 0 spiro atoms. The zero-order valence-corrected chi connectivity index (χ0v) is 10.9. The van der Waals surface area contributed by atoms with Crippen LogP contribution in [0.15, 0.2) is 0 Å². The zero-order valence-electron chi connectivity index (χ0n) is 10.9. The fourth-order valence-corrected chi connectivity index (χ4v) is 2.42. The zero-order chi connectivity index (χ0) is 14.7. The van der Waals surface area contributed by atoms with Gasteiger partial charge in [-0.15, -0.1) is 0 Å². The lowest BCUT2D eigenvalue weighted by molar-refractivity contribution is -0.139. The van der Waals surface area contributed by atoms with Gasteiger partial charge >= 0.3 is 18.0 Å². The number of rotatable bonds is 4. The first-order chi connectivity index (χ1) is 9.52. The molecule has 2 atom stereocenters. The van der Waals surface area contributed by atoms with Crippen LogP contribution in [-0.4, -0.2) is 82.9 Å². The number of carbonyl (C=O) groups is 3. The molecule has 2 heterocycles. The maximum absolute atomic E-state index is 12.0. The highest BCUT2D eigenvalue weighted by Gasteiger charge is 2.37. The molecule has 1 unspecified atom stereocenters. The van der Waals surface area contributed by atoms with Gasteiger partial charge in [0.15, 0.2) is 0 Å². The Morgan fingerprint density at radius 3 is 2.85 bits per heavy atom. The number of aliphatic carboxylic acids is 1. The number of urea groups is 2.